The third-order valence-corrected chi connectivity index (χ3v) is 5.41. The Hall–Kier alpha value is -2.70. The van der Waals surface area contributed by atoms with Gasteiger partial charge in [0.1, 0.15) is 6.04 Å². The highest BCUT2D eigenvalue weighted by molar-refractivity contribution is 6.05. The van der Waals surface area contributed by atoms with Crippen LogP contribution in [-0.4, -0.2) is 41.7 Å². The Bertz CT molecular complexity index is 812. The predicted molar refractivity (Wildman–Crippen MR) is 85.4 cm³/mol. The van der Waals surface area contributed by atoms with Crippen molar-refractivity contribution < 1.29 is 23.9 Å². The van der Waals surface area contributed by atoms with Gasteiger partial charge < -0.3 is 9.64 Å². The van der Waals surface area contributed by atoms with Crippen LogP contribution in [0.2, 0.25) is 0 Å². The summed E-state index contributed by atoms with van der Waals surface area (Å²) in [6.45, 7) is 0.339. The fourth-order valence-corrected chi connectivity index (χ4v) is 3.78. The number of ether oxygens (including phenoxy) is 1. The number of esters is 1. The number of hydrogen-bond acceptors (Lipinski definition) is 5. The zero-order chi connectivity index (χ0) is 17.8. The van der Waals surface area contributed by atoms with Crippen LogP contribution < -0.4 is 5.32 Å². The van der Waals surface area contributed by atoms with Gasteiger partial charge in [-0.2, -0.15) is 0 Å². The largest absolute Gasteiger partial charge is 0.468 e. The predicted octanol–water partition coefficient (Wildman–Crippen LogP) is 0.652. The minimum Gasteiger partial charge on any atom is -0.468 e. The van der Waals surface area contributed by atoms with Gasteiger partial charge in [-0.1, -0.05) is 12.1 Å². The molecule has 2 heterocycles. The van der Waals surface area contributed by atoms with E-state index in [2.05, 4.69) is 5.32 Å². The highest BCUT2D eigenvalue weighted by atomic mass is 16.5. The van der Waals surface area contributed by atoms with E-state index in [0.29, 0.717) is 31.4 Å². The number of amides is 3. The van der Waals surface area contributed by atoms with E-state index >= 15 is 0 Å². The molecule has 1 atom stereocenters. The Morgan fingerprint density at radius 3 is 2.68 bits per heavy atom. The van der Waals surface area contributed by atoms with Gasteiger partial charge in [-0.05, 0) is 36.5 Å². The number of benzene rings is 1. The van der Waals surface area contributed by atoms with Crippen LogP contribution in [0.1, 0.15) is 47.2 Å². The Labute approximate surface area is 144 Å². The molecule has 1 unspecified atom stereocenters. The van der Waals surface area contributed by atoms with Gasteiger partial charge in [-0.3, -0.25) is 24.5 Å². The van der Waals surface area contributed by atoms with Gasteiger partial charge >= 0.3 is 5.97 Å². The van der Waals surface area contributed by atoms with E-state index in [9.17, 15) is 19.2 Å². The average molecular weight is 342 g/mol. The van der Waals surface area contributed by atoms with Gasteiger partial charge in [0.15, 0.2) is 0 Å². The number of hydrogen-bond donors (Lipinski definition) is 1. The molecule has 25 heavy (non-hydrogen) atoms. The van der Waals surface area contributed by atoms with E-state index in [4.69, 9.17) is 4.74 Å². The van der Waals surface area contributed by atoms with Gasteiger partial charge in [-0.15, -0.1) is 0 Å². The highest BCUT2D eigenvalue weighted by Gasteiger charge is 2.53. The second kappa shape index (κ2) is 5.40. The molecule has 0 spiro atoms. The normalized spacial score (nSPS) is 24.0. The summed E-state index contributed by atoms with van der Waals surface area (Å²) in [6, 6.07) is 4.84. The fourth-order valence-electron chi connectivity index (χ4n) is 3.78. The zero-order valence-corrected chi connectivity index (χ0v) is 13.8. The van der Waals surface area contributed by atoms with E-state index < -0.39 is 17.4 Å². The van der Waals surface area contributed by atoms with Crippen LogP contribution in [-0.2, 0) is 31.1 Å². The number of imide groups is 1. The minimum atomic E-state index is -0.633. The Morgan fingerprint density at radius 1 is 1.28 bits per heavy atom. The van der Waals surface area contributed by atoms with Crippen LogP contribution in [0.3, 0.4) is 0 Å². The molecular weight excluding hydrogens is 324 g/mol. The minimum absolute atomic E-state index is 0.229. The molecule has 3 amide bonds. The van der Waals surface area contributed by atoms with Gasteiger partial charge in [-0.25, -0.2) is 0 Å². The summed E-state index contributed by atoms with van der Waals surface area (Å²) in [5, 5.41) is 2.29. The molecule has 130 valence electrons. The van der Waals surface area contributed by atoms with Gasteiger partial charge in [0.05, 0.1) is 12.5 Å². The summed E-state index contributed by atoms with van der Waals surface area (Å²) in [4.78, 5) is 49.8. The summed E-state index contributed by atoms with van der Waals surface area (Å²) in [7, 11) is 1.37. The summed E-state index contributed by atoms with van der Waals surface area (Å²) in [5.41, 5.74) is 1.51. The van der Waals surface area contributed by atoms with E-state index in [0.717, 1.165) is 11.1 Å². The van der Waals surface area contributed by atoms with E-state index in [1.807, 2.05) is 12.1 Å². The number of piperidine rings is 1. The van der Waals surface area contributed by atoms with Crippen molar-refractivity contribution in [3.63, 3.8) is 0 Å². The summed E-state index contributed by atoms with van der Waals surface area (Å²) in [5.74, 6) is -1.24. The first kappa shape index (κ1) is 15.8. The number of methoxy groups -OCH3 is 1. The number of carbonyl (C=O) groups is 4. The lowest BCUT2D eigenvalue weighted by atomic mass is 9.93. The number of rotatable bonds is 3. The smallest absolute Gasteiger partial charge is 0.316 e. The van der Waals surface area contributed by atoms with Crippen LogP contribution in [0.4, 0.5) is 0 Å². The van der Waals surface area contributed by atoms with Crippen molar-refractivity contribution in [3.8, 4) is 0 Å². The topological polar surface area (TPSA) is 92.8 Å². The first-order valence-electron chi connectivity index (χ1n) is 8.33. The molecule has 1 aromatic rings. The molecule has 2 aliphatic heterocycles. The summed E-state index contributed by atoms with van der Waals surface area (Å²) < 4.78 is 4.90. The molecule has 0 radical (unpaired) electrons. The highest BCUT2D eigenvalue weighted by Crippen LogP contribution is 2.49. The SMILES string of the molecule is COC(=O)C1(c2ccc3c(c2)C(=O)N(C2CCC(=O)NC2=O)C3)CC1. The van der Waals surface area contributed by atoms with E-state index in [1.54, 1.807) is 6.07 Å². The van der Waals surface area contributed by atoms with Crippen molar-refractivity contribution in [3.05, 3.63) is 34.9 Å². The van der Waals surface area contributed by atoms with Crippen LogP contribution in [0.5, 0.6) is 0 Å². The van der Waals surface area contributed by atoms with Crippen molar-refractivity contribution in [1.29, 1.82) is 0 Å². The average Bonchev–Trinajstić information content (AvgIpc) is 3.35. The second-order valence-corrected chi connectivity index (χ2v) is 6.85. The lowest BCUT2D eigenvalue weighted by Gasteiger charge is -2.29. The number of fused-ring (bicyclic) bond motifs is 1. The standard InChI is InChI=1S/C18H18N2O5/c1-25-17(24)18(6-7-18)11-3-2-10-9-20(16(23)12(10)8-11)13-4-5-14(21)19-15(13)22/h2-3,8,13H,4-7,9H2,1H3,(H,19,21,22). The van der Waals surface area contributed by atoms with Crippen molar-refractivity contribution in [2.45, 2.75) is 43.7 Å². The summed E-state index contributed by atoms with van der Waals surface area (Å²) in [6.07, 6.45) is 1.99. The number of nitrogens with one attached hydrogen (secondary N) is 1. The molecule has 7 nitrogen and oxygen atoms in total. The molecule has 1 saturated carbocycles. The van der Waals surface area contributed by atoms with E-state index in [-0.39, 0.29) is 24.2 Å². The molecule has 1 aromatic carbocycles. The maximum Gasteiger partial charge on any atom is 0.316 e. The fraction of sp³-hybridized carbons (Fsp3) is 0.444. The summed E-state index contributed by atoms with van der Waals surface area (Å²) >= 11 is 0. The molecule has 0 bridgehead atoms. The van der Waals surface area contributed by atoms with Crippen LogP contribution in [0.25, 0.3) is 0 Å². The molecule has 3 aliphatic rings. The third kappa shape index (κ3) is 2.33. The molecule has 1 saturated heterocycles. The lowest BCUT2D eigenvalue weighted by Crippen LogP contribution is -2.52. The monoisotopic (exact) mass is 342 g/mol. The van der Waals surface area contributed by atoms with Gasteiger partial charge in [0, 0.05) is 18.5 Å². The molecule has 1 aliphatic carbocycles. The van der Waals surface area contributed by atoms with Crippen molar-refractivity contribution >= 4 is 23.7 Å². The Balaban J connectivity index is 1.62. The number of carbonyl (C=O) groups excluding carboxylic acids is 4. The molecule has 4 rings (SSSR count). The maximum atomic E-state index is 12.8. The quantitative estimate of drug-likeness (QED) is 0.643. The van der Waals surface area contributed by atoms with Crippen molar-refractivity contribution in [2.24, 2.45) is 0 Å². The first-order valence-corrected chi connectivity index (χ1v) is 8.33. The first-order chi connectivity index (χ1) is 12.0. The lowest BCUT2D eigenvalue weighted by molar-refractivity contribution is -0.143. The second-order valence-electron chi connectivity index (χ2n) is 6.85. The Morgan fingerprint density at radius 2 is 2.04 bits per heavy atom. The van der Waals surface area contributed by atoms with E-state index in [1.165, 1.54) is 12.0 Å². The molecule has 2 fully saturated rings. The van der Waals surface area contributed by atoms with Gasteiger partial charge in [0.2, 0.25) is 11.8 Å². The van der Waals surface area contributed by atoms with Gasteiger partial charge in [0.25, 0.3) is 5.91 Å². The molecule has 7 heteroatoms. The maximum absolute atomic E-state index is 12.8. The third-order valence-electron chi connectivity index (χ3n) is 5.41. The van der Waals surface area contributed by atoms with Crippen LogP contribution in [0.15, 0.2) is 18.2 Å². The zero-order valence-electron chi connectivity index (χ0n) is 13.8. The molecular formula is C18H18N2O5. The van der Waals surface area contributed by atoms with Crippen molar-refractivity contribution in [2.75, 3.05) is 7.11 Å². The van der Waals surface area contributed by atoms with Crippen molar-refractivity contribution in [1.82, 2.24) is 10.2 Å². The van der Waals surface area contributed by atoms with Crippen LogP contribution in [0, 0.1) is 0 Å². The Kier molecular flexibility index (Phi) is 3.42. The van der Waals surface area contributed by atoms with Crippen LogP contribution >= 0.6 is 0 Å². The molecule has 1 N–H and O–H groups in total. The molecule has 0 aromatic heterocycles. The number of nitrogens with zero attached hydrogens (tertiary/aromatic N) is 1.